The number of thiocarbonyl (C=S) groups is 1. The summed E-state index contributed by atoms with van der Waals surface area (Å²) in [5.74, 6) is 7.78. The molecule has 1 aliphatic carbocycles. The Kier molecular flexibility index (Phi) is 5.60. The van der Waals surface area contributed by atoms with Gasteiger partial charge in [0, 0.05) is 5.92 Å². The molecule has 1 saturated heterocycles. The van der Waals surface area contributed by atoms with Crippen LogP contribution in [0.5, 0.6) is 5.75 Å². The van der Waals surface area contributed by atoms with E-state index in [0.717, 1.165) is 16.9 Å². The second kappa shape index (κ2) is 7.87. The summed E-state index contributed by atoms with van der Waals surface area (Å²) >= 11 is 6.30. The van der Waals surface area contributed by atoms with Gasteiger partial charge in [0.15, 0.2) is 0 Å². The normalized spacial score (nSPS) is 19.8. The summed E-state index contributed by atoms with van der Waals surface area (Å²) in [6.07, 6.45) is 8.08. The molecule has 0 atom stereocenters. The Morgan fingerprint density at radius 3 is 2.79 bits per heavy atom. The number of thioether (sulfide) groups is 1. The molecule has 1 N–H and O–H groups in total. The lowest BCUT2D eigenvalue weighted by molar-refractivity contribution is -0.115. The first-order chi connectivity index (χ1) is 11.7. The van der Waals surface area contributed by atoms with E-state index in [-0.39, 0.29) is 5.91 Å². The van der Waals surface area contributed by atoms with Crippen molar-refractivity contribution in [1.29, 1.82) is 0 Å². The van der Waals surface area contributed by atoms with E-state index in [9.17, 15) is 4.79 Å². The van der Waals surface area contributed by atoms with Gasteiger partial charge in [-0.3, -0.25) is 4.79 Å². The van der Waals surface area contributed by atoms with Gasteiger partial charge >= 0.3 is 0 Å². The van der Waals surface area contributed by atoms with Crippen molar-refractivity contribution in [3.63, 3.8) is 0 Å². The third-order valence-corrected chi connectivity index (χ3v) is 5.34. The molecule has 1 aliphatic heterocycles. The Morgan fingerprint density at radius 2 is 2.12 bits per heavy atom. The Labute approximate surface area is 152 Å². The molecule has 0 aromatic heterocycles. The smallest absolute Gasteiger partial charge is 0.263 e. The van der Waals surface area contributed by atoms with E-state index in [4.69, 9.17) is 17.0 Å². The molecule has 0 unspecified atom stereocenters. The molecule has 1 aromatic rings. The van der Waals surface area contributed by atoms with Crippen LogP contribution in [0.3, 0.4) is 0 Å². The maximum Gasteiger partial charge on any atom is 0.263 e. The van der Waals surface area contributed by atoms with Crippen LogP contribution in [-0.2, 0) is 4.79 Å². The van der Waals surface area contributed by atoms with Gasteiger partial charge in [-0.1, -0.05) is 61.1 Å². The van der Waals surface area contributed by atoms with Crippen molar-refractivity contribution in [3.8, 4) is 17.6 Å². The number of hydrogen-bond donors (Lipinski definition) is 1. The number of amides is 1. The molecule has 3 rings (SSSR count). The topological polar surface area (TPSA) is 38.3 Å². The maximum absolute atomic E-state index is 11.8. The highest BCUT2D eigenvalue weighted by molar-refractivity contribution is 8.26. The highest BCUT2D eigenvalue weighted by atomic mass is 32.2. The molecule has 24 heavy (non-hydrogen) atoms. The number of ether oxygens (including phenoxy) is 1. The van der Waals surface area contributed by atoms with Crippen molar-refractivity contribution in [2.45, 2.75) is 32.1 Å². The number of rotatable bonds is 2. The summed E-state index contributed by atoms with van der Waals surface area (Å²) in [5, 5.41) is 2.63. The van der Waals surface area contributed by atoms with Gasteiger partial charge in [-0.05, 0) is 36.6 Å². The van der Waals surface area contributed by atoms with E-state index in [1.807, 2.05) is 24.3 Å². The lowest BCUT2D eigenvalue weighted by Gasteiger charge is -2.15. The van der Waals surface area contributed by atoms with Gasteiger partial charge in [0.2, 0.25) is 0 Å². The van der Waals surface area contributed by atoms with Crippen molar-refractivity contribution in [1.82, 2.24) is 5.32 Å². The van der Waals surface area contributed by atoms with Gasteiger partial charge in [-0.15, -0.1) is 0 Å². The fourth-order valence-electron chi connectivity index (χ4n) is 2.91. The van der Waals surface area contributed by atoms with E-state index in [1.165, 1.54) is 43.9 Å². The van der Waals surface area contributed by atoms with Crippen LogP contribution in [0, 0.1) is 17.8 Å². The molecular formula is C19H19NO2S2. The lowest BCUT2D eigenvalue weighted by atomic mass is 9.89. The number of benzene rings is 1. The number of hydrogen-bond acceptors (Lipinski definition) is 4. The van der Waals surface area contributed by atoms with Crippen LogP contribution in [0.4, 0.5) is 0 Å². The van der Waals surface area contributed by atoms with Crippen LogP contribution < -0.4 is 10.1 Å². The molecule has 2 fully saturated rings. The van der Waals surface area contributed by atoms with Crippen LogP contribution in [0.15, 0.2) is 23.1 Å². The molecule has 1 saturated carbocycles. The largest absolute Gasteiger partial charge is 0.495 e. The van der Waals surface area contributed by atoms with Gasteiger partial charge in [-0.25, -0.2) is 0 Å². The standard InChI is InChI=1S/C19H19NO2S2/c1-22-16-10-8-14(12-17-18(21)20-19(23)24-17)11-15(16)9-7-13-5-3-2-4-6-13/h8,10-13H,2-6H2,1H3,(H,20,21,23). The Bertz CT molecular complexity index is 752. The number of nitrogens with one attached hydrogen (secondary N) is 1. The van der Waals surface area contributed by atoms with Crippen molar-refractivity contribution in [2.75, 3.05) is 7.11 Å². The van der Waals surface area contributed by atoms with Gasteiger partial charge < -0.3 is 10.1 Å². The molecule has 0 radical (unpaired) electrons. The summed E-state index contributed by atoms with van der Waals surface area (Å²) < 4.78 is 5.92. The van der Waals surface area contributed by atoms with Crippen LogP contribution in [0.25, 0.3) is 6.08 Å². The minimum atomic E-state index is -0.143. The number of carbonyl (C=O) groups excluding carboxylic acids is 1. The van der Waals surface area contributed by atoms with Crippen LogP contribution in [0.1, 0.15) is 43.2 Å². The minimum Gasteiger partial charge on any atom is -0.495 e. The molecule has 0 bridgehead atoms. The predicted octanol–water partition coefficient (Wildman–Crippen LogP) is 4.12. The zero-order valence-electron chi connectivity index (χ0n) is 13.6. The zero-order valence-corrected chi connectivity index (χ0v) is 15.2. The second-order valence-electron chi connectivity index (χ2n) is 5.92. The summed E-state index contributed by atoms with van der Waals surface area (Å²) in [5.41, 5.74) is 1.79. The fraction of sp³-hybridized carbons (Fsp3) is 0.368. The molecule has 1 amide bonds. The van der Waals surface area contributed by atoms with Gasteiger partial charge in [0.05, 0.1) is 17.6 Å². The molecule has 124 valence electrons. The maximum atomic E-state index is 11.8. The van der Waals surface area contributed by atoms with E-state index in [1.54, 1.807) is 7.11 Å². The Hall–Kier alpha value is -1.77. The minimum absolute atomic E-state index is 0.143. The molecule has 2 aliphatic rings. The molecule has 0 spiro atoms. The average Bonchev–Trinajstić information content (AvgIpc) is 2.91. The summed E-state index contributed by atoms with van der Waals surface area (Å²) in [6, 6.07) is 5.79. The quantitative estimate of drug-likeness (QED) is 0.491. The van der Waals surface area contributed by atoms with Crippen LogP contribution in [0.2, 0.25) is 0 Å². The van der Waals surface area contributed by atoms with Gasteiger partial charge in [-0.2, -0.15) is 0 Å². The SMILES string of the molecule is COc1ccc(C=C2SC(=S)NC2=O)cc1C#CC1CCCCC1. The van der Waals surface area contributed by atoms with E-state index in [0.29, 0.717) is 15.1 Å². The average molecular weight is 358 g/mol. The highest BCUT2D eigenvalue weighted by Crippen LogP contribution is 2.28. The number of carbonyl (C=O) groups is 1. The van der Waals surface area contributed by atoms with Crippen molar-refractivity contribution < 1.29 is 9.53 Å². The van der Waals surface area contributed by atoms with Gasteiger partial charge in [0.1, 0.15) is 10.1 Å². The summed E-state index contributed by atoms with van der Waals surface area (Å²) in [6.45, 7) is 0. The number of methoxy groups -OCH3 is 1. The van der Waals surface area contributed by atoms with Crippen molar-refractivity contribution in [2.24, 2.45) is 5.92 Å². The summed E-state index contributed by atoms with van der Waals surface area (Å²) in [4.78, 5) is 12.4. The van der Waals surface area contributed by atoms with E-state index in [2.05, 4.69) is 17.2 Å². The molecule has 3 nitrogen and oxygen atoms in total. The van der Waals surface area contributed by atoms with E-state index < -0.39 is 0 Å². The van der Waals surface area contributed by atoms with Gasteiger partial charge in [0.25, 0.3) is 5.91 Å². The summed E-state index contributed by atoms with van der Waals surface area (Å²) in [7, 11) is 1.65. The van der Waals surface area contributed by atoms with E-state index >= 15 is 0 Å². The molecule has 1 aromatic carbocycles. The first kappa shape index (κ1) is 17.1. The third kappa shape index (κ3) is 4.19. The lowest BCUT2D eigenvalue weighted by Crippen LogP contribution is -2.17. The third-order valence-electron chi connectivity index (χ3n) is 4.18. The highest BCUT2D eigenvalue weighted by Gasteiger charge is 2.22. The zero-order chi connectivity index (χ0) is 16.9. The first-order valence-electron chi connectivity index (χ1n) is 8.10. The molecule has 1 heterocycles. The van der Waals surface area contributed by atoms with Crippen molar-refractivity contribution in [3.05, 3.63) is 34.2 Å². The van der Waals surface area contributed by atoms with Crippen molar-refractivity contribution >= 4 is 40.3 Å². The molecular weight excluding hydrogens is 338 g/mol. The predicted molar refractivity (Wildman–Crippen MR) is 103 cm³/mol. The monoisotopic (exact) mass is 357 g/mol. The van der Waals surface area contributed by atoms with Crippen LogP contribution >= 0.6 is 24.0 Å². The molecule has 5 heteroatoms. The Morgan fingerprint density at radius 1 is 1.33 bits per heavy atom. The first-order valence-corrected chi connectivity index (χ1v) is 9.32. The fourth-order valence-corrected chi connectivity index (χ4v) is 3.96. The van der Waals surface area contributed by atoms with Crippen LogP contribution in [-0.4, -0.2) is 17.3 Å². The second-order valence-corrected chi connectivity index (χ2v) is 7.64. The Balaban J connectivity index is 1.85.